The number of nitrogens with one attached hydrogen (secondary N) is 1. The summed E-state index contributed by atoms with van der Waals surface area (Å²) in [5, 5.41) is 4.47. The van der Waals surface area contributed by atoms with Crippen LogP contribution in [0, 0.1) is 5.92 Å². The maximum atomic E-state index is 12.7. The fraction of sp³-hybridized carbons (Fsp3) is 0.640. The molecule has 2 aliphatic heterocycles. The third-order valence-electron chi connectivity index (χ3n) is 7.26. The van der Waals surface area contributed by atoms with E-state index in [9.17, 15) is 4.79 Å². The van der Waals surface area contributed by atoms with Gasteiger partial charge in [0, 0.05) is 49.2 Å². The van der Waals surface area contributed by atoms with Gasteiger partial charge in [0.15, 0.2) is 0 Å². The van der Waals surface area contributed by atoms with Crippen molar-refractivity contribution in [2.75, 3.05) is 39.8 Å². The number of fused-ring (bicyclic) bond motifs is 1. The molecule has 1 aromatic carbocycles. The molecule has 4 rings (SSSR count). The first kappa shape index (κ1) is 22.2. The van der Waals surface area contributed by atoms with Crippen LogP contribution in [0.25, 0.3) is 10.9 Å². The molecular weight excluding hydrogens is 388 g/mol. The van der Waals surface area contributed by atoms with Gasteiger partial charge in [0.1, 0.15) is 5.75 Å². The average molecular weight is 427 g/mol. The molecule has 2 aliphatic rings. The highest BCUT2D eigenvalue weighted by molar-refractivity contribution is 5.85. The Morgan fingerprint density at radius 1 is 1.19 bits per heavy atom. The fourth-order valence-corrected chi connectivity index (χ4v) is 5.21. The molecule has 1 aromatic heterocycles. The van der Waals surface area contributed by atoms with Crippen molar-refractivity contribution in [3.8, 4) is 5.75 Å². The predicted molar refractivity (Wildman–Crippen MR) is 125 cm³/mol. The summed E-state index contributed by atoms with van der Waals surface area (Å²) in [5.41, 5.74) is 2.56. The quantitative estimate of drug-likeness (QED) is 0.703. The predicted octanol–water partition coefficient (Wildman–Crippen LogP) is 3.39. The van der Waals surface area contributed by atoms with Gasteiger partial charge < -0.3 is 19.5 Å². The minimum atomic E-state index is 0.158. The number of nitrogens with zero attached hydrogens (tertiary/aromatic N) is 3. The van der Waals surface area contributed by atoms with Crippen LogP contribution >= 0.6 is 0 Å². The first-order chi connectivity index (χ1) is 15.0. The van der Waals surface area contributed by atoms with Crippen LogP contribution in [0.5, 0.6) is 5.75 Å². The van der Waals surface area contributed by atoms with E-state index in [1.165, 1.54) is 42.4 Å². The molecular formula is C25H38N4O2. The van der Waals surface area contributed by atoms with E-state index in [1.807, 2.05) is 6.07 Å². The van der Waals surface area contributed by atoms with Crippen LogP contribution in [-0.2, 0) is 18.4 Å². The second-order valence-corrected chi connectivity index (χ2v) is 9.37. The number of methoxy groups -OCH3 is 1. The average Bonchev–Trinajstić information content (AvgIpc) is 3.43. The third-order valence-corrected chi connectivity index (χ3v) is 7.26. The van der Waals surface area contributed by atoms with E-state index in [-0.39, 0.29) is 11.8 Å². The van der Waals surface area contributed by atoms with Gasteiger partial charge in [0.2, 0.25) is 5.91 Å². The number of carbonyl (C=O) groups excluding carboxylic acids is 1. The second-order valence-electron chi connectivity index (χ2n) is 9.37. The summed E-state index contributed by atoms with van der Waals surface area (Å²) in [6.07, 6.45) is 7.81. The molecule has 3 heterocycles. The number of hydrogen-bond acceptors (Lipinski definition) is 4. The number of likely N-dealkylation sites (tertiary alicyclic amines) is 2. The Kier molecular flexibility index (Phi) is 7.18. The zero-order valence-corrected chi connectivity index (χ0v) is 19.4. The second kappa shape index (κ2) is 10.0. The van der Waals surface area contributed by atoms with Gasteiger partial charge in [-0.05, 0) is 89.0 Å². The number of benzene rings is 1. The molecule has 6 heteroatoms. The SMILES string of the molecule is COc1ccc2c(c1)c(CN1CCC(C(=O)NCCC(C)N3CCCC3)CC1)cn2C. The summed E-state index contributed by atoms with van der Waals surface area (Å²) in [7, 11) is 3.81. The molecule has 0 spiro atoms. The molecule has 2 fully saturated rings. The van der Waals surface area contributed by atoms with Crippen LogP contribution in [0.1, 0.15) is 44.6 Å². The van der Waals surface area contributed by atoms with Crippen LogP contribution in [0.15, 0.2) is 24.4 Å². The Balaban J connectivity index is 1.24. The van der Waals surface area contributed by atoms with Crippen molar-refractivity contribution < 1.29 is 9.53 Å². The molecule has 0 aliphatic carbocycles. The summed E-state index contributed by atoms with van der Waals surface area (Å²) in [6, 6.07) is 6.85. The summed E-state index contributed by atoms with van der Waals surface area (Å²) >= 11 is 0. The van der Waals surface area contributed by atoms with Crippen molar-refractivity contribution in [3.63, 3.8) is 0 Å². The lowest BCUT2D eigenvalue weighted by atomic mass is 9.95. The first-order valence-corrected chi connectivity index (χ1v) is 11.9. The zero-order valence-electron chi connectivity index (χ0n) is 19.4. The Morgan fingerprint density at radius 3 is 2.65 bits per heavy atom. The molecule has 6 nitrogen and oxygen atoms in total. The van der Waals surface area contributed by atoms with E-state index < -0.39 is 0 Å². The van der Waals surface area contributed by atoms with Crippen molar-refractivity contribution in [2.45, 2.75) is 51.6 Å². The number of hydrogen-bond donors (Lipinski definition) is 1. The van der Waals surface area contributed by atoms with Crippen molar-refractivity contribution in [3.05, 3.63) is 30.0 Å². The number of ether oxygens (including phenoxy) is 1. The van der Waals surface area contributed by atoms with Crippen LogP contribution < -0.4 is 10.1 Å². The van der Waals surface area contributed by atoms with Gasteiger partial charge in [-0.2, -0.15) is 0 Å². The Bertz CT molecular complexity index is 879. The Hall–Kier alpha value is -2.05. The van der Waals surface area contributed by atoms with Gasteiger partial charge in [-0.15, -0.1) is 0 Å². The number of rotatable bonds is 8. The molecule has 2 saturated heterocycles. The molecule has 1 N–H and O–H groups in total. The molecule has 1 atom stereocenters. The van der Waals surface area contributed by atoms with E-state index in [0.29, 0.717) is 6.04 Å². The van der Waals surface area contributed by atoms with Crippen molar-refractivity contribution in [2.24, 2.45) is 13.0 Å². The van der Waals surface area contributed by atoms with E-state index in [1.54, 1.807) is 7.11 Å². The number of carbonyl (C=O) groups is 1. The van der Waals surface area contributed by atoms with E-state index in [4.69, 9.17) is 4.74 Å². The fourth-order valence-electron chi connectivity index (χ4n) is 5.21. The van der Waals surface area contributed by atoms with E-state index in [2.05, 4.69) is 52.0 Å². The van der Waals surface area contributed by atoms with Gasteiger partial charge in [-0.3, -0.25) is 9.69 Å². The van der Waals surface area contributed by atoms with Gasteiger partial charge in [0.05, 0.1) is 7.11 Å². The maximum Gasteiger partial charge on any atom is 0.223 e. The van der Waals surface area contributed by atoms with Crippen molar-refractivity contribution in [1.82, 2.24) is 19.7 Å². The summed E-state index contributed by atoms with van der Waals surface area (Å²) in [5.74, 6) is 1.31. The summed E-state index contributed by atoms with van der Waals surface area (Å²) in [4.78, 5) is 17.7. The Morgan fingerprint density at radius 2 is 1.94 bits per heavy atom. The van der Waals surface area contributed by atoms with Crippen molar-refractivity contribution in [1.29, 1.82) is 0 Å². The van der Waals surface area contributed by atoms with Crippen LogP contribution in [0.2, 0.25) is 0 Å². The highest BCUT2D eigenvalue weighted by Crippen LogP contribution is 2.28. The number of aryl methyl sites for hydroxylation is 1. The summed E-state index contributed by atoms with van der Waals surface area (Å²) < 4.78 is 7.61. The number of piperidine rings is 1. The van der Waals surface area contributed by atoms with Crippen LogP contribution in [0.4, 0.5) is 0 Å². The lowest BCUT2D eigenvalue weighted by Gasteiger charge is -2.31. The highest BCUT2D eigenvalue weighted by Gasteiger charge is 2.26. The largest absolute Gasteiger partial charge is 0.497 e. The van der Waals surface area contributed by atoms with Gasteiger partial charge >= 0.3 is 0 Å². The first-order valence-electron chi connectivity index (χ1n) is 11.9. The minimum Gasteiger partial charge on any atom is -0.497 e. The maximum absolute atomic E-state index is 12.7. The Labute approximate surface area is 186 Å². The van der Waals surface area contributed by atoms with E-state index in [0.717, 1.165) is 51.2 Å². The van der Waals surface area contributed by atoms with Crippen molar-refractivity contribution >= 4 is 16.8 Å². The topological polar surface area (TPSA) is 49.7 Å². The summed E-state index contributed by atoms with van der Waals surface area (Å²) in [6.45, 7) is 8.40. The van der Waals surface area contributed by atoms with E-state index >= 15 is 0 Å². The zero-order chi connectivity index (χ0) is 21.8. The van der Waals surface area contributed by atoms with Gasteiger partial charge in [-0.1, -0.05) is 0 Å². The molecule has 1 unspecified atom stereocenters. The molecule has 2 aromatic rings. The normalized spacial score (nSPS) is 19.7. The molecule has 0 radical (unpaired) electrons. The third kappa shape index (κ3) is 5.24. The molecule has 0 bridgehead atoms. The lowest BCUT2D eigenvalue weighted by molar-refractivity contribution is -0.126. The van der Waals surface area contributed by atoms with Crippen LogP contribution in [-0.4, -0.2) is 66.1 Å². The smallest absolute Gasteiger partial charge is 0.223 e. The minimum absolute atomic E-state index is 0.158. The van der Waals surface area contributed by atoms with Gasteiger partial charge in [0.25, 0.3) is 0 Å². The van der Waals surface area contributed by atoms with Crippen LogP contribution in [0.3, 0.4) is 0 Å². The lowest BCUT2D eigenvalue weighted by Crippen LogP contribution is -2.41. The standard InChI is InChI=1S/C25H38N4O2/c1-19(29-12-4-5-13-29)8-11-26-25(30)20-9-14-28(15-10-20)18-21-17-27(2)24-7-6-22(31-3)16-23(21)24/h6-7,16-17,19-20H,4-5,8-15,18H2,1-3H3,(H,26,30). The molecule has 170 valence electrons. The van der Waals surface area contributed by atoms with Gasteiger partial charge in [-0.25, -0.2) is 0 Å². The molecule has 1 amide bonds. The number of amides is 1. The monoisotopic (exact) mass is 426 g/mol. The molecule has 31 heavy (non-hydrogen) atoms. The number of aromatic nitrogens is 1. The molecule has 0 saturated carbocycles. The highest BCUT2D eigenvalue weighted by atomic mass is 16.5.